The van der Waals surface area contributed by atoms with Crippen LogP contribution in [0.5, 0.6) is 0 Å². The molecule has 0 aliphatic carbocycles. The molecule has 25 heavy (non-hydrogen) atoms. The van der Waals surface area contributed by atoms with Crippen molar-refractivity contribution in [3.8, 4) is 11.3 Å². The number of imidazole rings is 1. The molecule has 0 unspecified atom stereocenters. The lowest BCUT2D eigenvalue weighted by atomic mass is 10.1. The SMILES string of the molecule is Cc1cccn2cc(-c3ccc(NS(=O)(=O)c4cnoc4)cc3)nc12. The number of aromatic nitrogens is 3. The molecule has 4 rings (SSSR count). The first-order valence-corrected chi connectivity index (χ1v) is 8.98. The van der Waals surface area contributed by atoms with Gasteiger partial charge in [-0.15, -0.1) is 0 Å². The maximum Gasteiger partial charge on any atom is 0.266 e. The average molecular weight is 354 g/mol. The van der Waals surface area contributed by atoms with E-state index in [4.69, 9.17) is 0 Å². The smallest absolute Gasteiger partial charge is 0.266 e. The third kappa shape index (κ3) is 2.87. The van der Waals surface area contributed by atoms with Gasteiger partial charge in [0.25, 0.3) is 10.0 Å². The van der Waals surface area contributed by atoms with Crippen molar-refractivity contribution in [3.63, 3.8) is 0 Å². The molecule has 7 nitrogen and oxygen atoms in total. The Hall–Kier alpha value is -3.13. The van der Waals surface area contributed by atoms with Gasteiger partial charge >= 0.3 is 0 Å². The molecular weight excluding hydrogens is 340 g/mol. The van der Waals surface area contributed by atoms with E-state index in [9.17, 15) is 8.42 Å². The molecule has 3 heterocycles. The highest BCUT2D eigenvalue weighted by Gasteiger charge is 2.16. The first kappa shape index (κ1) is 15.4. The number of nitrogens with one attached hydrogen (secondary N) is 1. The molecule has 4 aromatic rings. The van der Waals surface area contributed by atoms with Crippen molar-refractivity contribution < 1.29 is 12.9 Å². The second-order valence-electron chi connectivity index (χ2n) is 5.59. The summed E-state index contributed by atoms with van der Waals surface area (Å²) in [5.41, 5.74) is 4.16. The first-order valence-electron chi connectivity index (χ1n) is 7.50. The fourth-order valence-corrected chi connectivity index (χ4v) is 3.46. The Bertz CT molecular complexity index is 1130. The van der Waals surface area contributed by atoms with Crippen molar-refractivity contribution in [1.29, 1.82) is 0 Å². The lowest BCUT2D eigenvalue weighted by molar-refractivity contribution is 0.417. The van der Waals surface area contributed by atoms with Crippen molar-refractivity contribution >= 4 is 21.4 Å². The maximum atomic E-state index is 12.1. The predicted molar refractivity (Wildman–Crippen MR) is 92.7 cm³/mol. The van der Waals surface area contributed by atoms with Gasteiger partial charge in [0.05, 0.1) is 11.9 Å². The molecule has 1 N–H and O–H groups in total. The highest BCUT2D eigenvalue weighted by molar-refractivity contribution is 7.92. The molecule has 3 aromatic heterocycles. The summed E-state index contributed by atoms with van der Waals surface area (Å²) in [6.45, 7) is 2.01. The lowest BCUT2D eigenvalue weighted by Gasteiger charge is -2.06. The second kappa shape index (κ2) is 5.75. The van der Waals surface area contributed by atoms with E-state index in [1.54, 1.807) is 12.1 Å². The first-order chi connectivity index (χ1) is 12.0. The number of hydrogen-bond donors (Lipinski definition) is 1. The standard InChI is InChI=1S/C17H14N4O3S/c1-12-3-2-8-21-10-16(19-17(12)21)13-4-6-14(7-5-13)20-25(22,23)15-9-18-24-11-15/h2-11,20H,1H3. The normalized spacial score (nSPS) is 11.7. The van der Waals surface area contributed by atoms with Crippen LogP contribution in [0.15, 0.2) is 70.7 Å². The number of nitrogens with zero attached hydrogens (tertiary/aromatic N) is 3. The monoisotopic (exact) mass is 354 g/mol. The van der Waals surface area contributed by atoms with Crippen molar-refractivity contribution in [2.75, 3.05) is 4.72 Å². The fourth-order valence-electron chi connectivity index (χ4n) is 2.54. The van der Waals surface area contributed by atoms with Crippen LogP contribution in [-0.4, -0.2) is 23.0 Å². The molecule has 0 aliphatic heterocycles. The average Bonchev–Trinajstić information content (AvgIpc) is 3.26. The van der Waals surface area contributed by atoms with E-state index in [0.29, 0.717) is 5.69 Å². The Labute approximate surface area is 144 Å². The van der Waals surface area contributed by atoms with Crippen LogP contribution in [0.2, 0.25) is 0 Å². The van der Waals surface area contributed by atoms with E-state index in [-0.39, 0.29) is 4.90 Å². The molecule has 0 atom stereocenters. The quantitative estimate of drug-likeness (QED) is 0.608. The Morgan fingerprint density at radius 2 is 1.96 bits per heavy atom. The summed E-state index contributed by atoms with van der Waals surface area (Å²) in [5.74, 6) is 0. The minimum atomic E-state index is -3.70. The van der Waals surface area contributed by atoms with Crippen molar-refractivity contribution in [3.05, 3.63) is 66.8 Å². The zero-order valence-corrected chi connectivity index (χ0v) is 14.1. The van der Waals surface area contributed by atoms with E-state index in [2.05, 4.69) is 19.4 Å². The molecule has 1 aromatic carbocycles. The zero-order chi connectivity index (χ0) is 17.4. The van der Waals surface area contributed by atoms with Crippen LogP contribution in [0, 0.1) is 6.92 Å². The van der Waals surface area contributed by atoms with Gasteiger partial charge in [-0.3, -0.25) is 4.72 Å². The molecule has 0 fully saturated rings. The Kier molecular flexibility index (Phi) is 3.54. The lowest BCUT2D eigenvalue weighted by Crippen LogP contribution is -2.11. The van der Waals surface area contributed by atoms with Gasteiger partial charge < -0.3 is 8.92 Å². The number of hydrogen-bond acceptors (Lipinski definition) is 5. The number of fused-ring (bicyclic) bond motifs is 1. The molecule has 0 saturated carbocycles. The summed E-state index contributed by atoms with van der Waals surface area (Å²) in [7, 11) is -3.70. The zero-order valence-electron chi connectivity index (χ0n) is 13.2. The van der Waals surface area contributed by atoms with Gasteiger partial charge in [-0.1, -0.05) is 23.4 Å². The summed E-state index contributed by atoms with van der Waals surface area (Å²) in [6, 6.07) is 11.0. The van der Waals surface area contributed by atoms with Gasteiger partial charge in [0.15, 0.2) is 0 Å². The number of pyridine rings is 1. The van der Waals surface area contributed by atoms with E-state index in [0.717, 1.165) is 34.9 Å². The van der Waals surface area contributed by atoms with Gasteiger partial charge in [-0.2, -0.15) is 0 Å². The number of rotatable bonds is 4. The van der Waals surface area contributed by atoms with Crippen molar-refractivity contribution in [2.45, 2.75) is 11.8 Å². The van der Waals surface area contributed by atoms with Gasteiger partial charge in [-0.25, -0.2) is 13.4 Å². The molecule has 8 heteroatoms. The number of anilines is 1. The van der Waals surface area contributed by atoms with Gasteiger partial charge in [-0.05, 0) is 30.7 Å². The fraction of sp³-hybridized carbons (Fsp3) is 0.0588. The predicted octanol–water partition coefficient (Wildman–Crippen LogP) is 3.10. The van der Waals surface area contributed by atoms with Crippen LogP contribution in [0.4, 0.5) is 5.69 Å². The van der Waals surface area contributed by atoms with Crippen molar-refractivity contribution in [2.24, 2.45) is 0 Å². The van der Waals surface area contributed by atoms with Crippen LogP contribution in [0.1, 0.15) is 5.56 Å². The van der Waals surface area contributed by atoms with Crippen LogP contribution in [-0.2, 0) is 10.0 Å². The minimum absolute atomic E-state index is 0.0209. The van der Waals surface area contributed by atoms with Crippen LogP contribution < -0.4 is 4.72 Å². The van der Waals surface area contributed by atoms with Crippen LogP contribution in [0.25, 0.3) is 16.9 Å². The van der Waals surface area contributed by atoms with Gasteiger partial charge in [0.2, 0.25) is 0 Å². The van der Waals surface area contributed by atoms with Crippen LogP contribution >= 0.6 is 0 Å². The highest BCUT2D eigenvalue weighted by atomic mass is 32.2. The van der Waals surface area contributed by atoms with E-state index < -0.39 is 10.0 Å². The number of sulfonamides is 1. The summed E-state index contributed by atoms with van der Waals surface area (Å²) >= 11 is 0. The number of benzene rings is 1. The summed E-state index contributed by atoms with van der Waals surface area (Å²) < 4.78 is 33.3. The molecule has 126 valence electrons. The highest BCUT2D eigenvalue weighted by Crippen LogP contribution is 2.23. The van der Waals surface area contributed by atoms with E-state index in [1.165, 1.54) is 0 Å². The Morgan fingerprint density at radius 3 is 2.64 bits per heavy atom. The molecule has 0 spiro atoms. The summed E-state index contributed by atoms with van der Waals surface area (Å²) in [4.78, 5) is 4.61. The third-order valence-electron chi connectivity index (χ3n) is 3.83. The minimum Gasteiger partial charge on any atom is -0.363 e. The topological polar surface area (TPSA) is 89.5 Å². The number of aryl methyl sites for hydroxylation is 1. The summed E-state index contributed by atoms with van der Waals surface area (Å²) in [6.07, 6.45) is 6.12. The van der Waals surface area contributed by atoms with E-state index in [1.807, 2.05) is 48.0 Å². The molecule has 0 aliphatic rings. The van der Waals surface area contributed by atoms with Crippen LogP contribution in [0.3, 0.4) is 0 Å². The molecule has 0 radical (unpaired) electrons. The molecular formula is C17H14N4O3S. The largest absolute Gasteiger partial charge is 0.363 e. The molecule has 0 amide bonds. The Balaban J connectivity index is 1.62. The Morgan fingerprint density at radius 1 is 1.16 bits per heavy atom. The van der Waals surface area contributed by atoms with Crippen molar-refractivity contribution in [1.82, 2.24) is 14.5 Å². The van der Waals surface area contributed by atoms with E-state index >= 15 is 0 Å². The maximum absolute atomic E-state index is 12.1. The molecule has 0 saturated heterocycles. The van der Waals surface area contributed by atoms with Gasteiger partial charge in [0, 0.05) is 23.6 Å². The molecule has 0 bridgehead atoms. The van der Waals surface area contributed by atoms with Gasteiger partial charge in [0.1, 0.15) is 16.8 Å². The summed E-state index contributed by atoms with van der Waals surface area (Å²) in [5, 5.41) is 3.41. The second-order valence-corrected chi connectivity index (χ2v) is 7.27. The third-order valence-corrected chi connectivity index (χ3v) is 5.16.